The Bertz CT molecular complexity index is 388. The fraction of sp³-hybridized carbons (Fsp3) is 0.769. The summed E-state index contributed by atoms with van der Waals surface area (Å²) in [7, 11) is 0. The van der Waals surface area contributed by atoms with Crippen LogP contribution in [0.15, 0.2) is 0 Å². The minimum Gasteiger partial charge on any atom is -0.481 e. The second-order valence-electron chi connectivity index (χ2n) is 5.04. The van der Waals surface area contributed by atoms with Gasteiger partial charge in [-0.05, 0) is 12.8 Å². The molecule has 120 valence electrons. The minimum atomic E-state index is -0.958. The average Bonchev–Trinajstić information content (AvgIpc) is 2.89. The van der Waals surface area contributed by atoms with E-state index in [9.17, 15) is 14.4 Å². The molecule has 0 spiro atoms. The van der Waals surface area contributed by atoms with Crippen LogP contribution < -0.4 is 11.1 Å². The standard InChI is InChI=1S/C13H23N3O5/c1-2-6-16(10-8-21-7-9(10)12(18)19)13(20)15-5-3-4-11(14)17/h9-10H,2-8H2,1H3,(H2,14,17)(H,15,20)(H,18,19). The number of carbonyl (C=O) groups excluding carboxylic acids is 2. The fourth-order valence-electron chi connectivity index (χ4n) is 2.30. The number of nitrogens with one attached hydrogen (secondary N) is 1. The molecular formula is C13H23N3O5. The highest BCUT2D eigenvalue weighted by Gasteiger charge is 2.39. The van der Waals surface area contributed by atoms with Crippen molar-refractivity contribution >= 4 is 17.9 Å². The molecule has 0 saturated carbocycles. The Labute approximate surface area is 123 Å². The van der Waals surface area contributed by atoms with Crippen molar-refractivity contribution in [3.05, 3.63) is 0 Å². The predicted molar refractivity (Wildman–Crippen MR) is 74.6 cm³/mol. The van der Waals surface area contributed by atoms with Crippen molar-refractivity contribution in [1.29, 1.82) is 0 Å². The number of aliphatic carboxylic acids is 1. The minimum absolute atomic E-state index is 0.120. The van der Waals surface area contributed by atoms with E-state index in [1.54, 1.807) is 0 Å². The summed E-state index contributed by atoms with van der Waals surface area (Å²) in [4.78, 5) is 35.5. The highest BCUT2D eigenvalue weighted by atomic mass is 16.5. The average molecular weight is 301 g/mol. The largest absolute Gasteiger partial charge is 0.481 e. The first-order chi connectivity index (χ1) is 9.97. The SMILES string of the molecule is CCCN(C(=O)NCCCC(N)=O)C1COCC1C(=O)O. The van der Waals surface area contributed by atoms with Gasteiger partial charge in [0.1, 0.15) is 5.92 Å². The van der Waals surface area contributed by atoms with E-state index in [0.29, 0.717) is 19.5 Å². The Morgan fingerprint density at radius 2 is 2.10 bits per heavy atom. The number of primary amides is 1. The van der Waals surface area contributed by atoms with Gasteiger partial charge in [0.2, 0.25) is 5.91 Å². The molecule has 3 amide bonds. The van der Waals surface area contributed by atoms with Crippen molar-refractivity contribution in [3.8, 4) is 0 Å². The number of ether oxygens (including phenoxy) is 1. The molecule has 1 saturated heterocycles. The molecule has 8 nitrogen and oxygen atoms in total. The number of amides is 3. The summed E-state index contributed by atoms with van der Waals surface area (Å²) in [5, 5.41) is 11.9. The summed E-state index contributed by atoms with van der Waals surface area (Å²) < 4.78 is 5.20. The Morgan fingerprint density at radius 3 is 2.67 bits per heavy atom. The van der Waals surface area contributed by atoms with Gasteiger partial charge in [-0.3, -0.25) is 9.59 Å². The van der Waals surface area contributed by atoms with Crippen molar-refractivity contribution in [1.82, 2.24) is 10.2 Å². The van der Waals surface area contributed by atoms with Gasteiger partial charge in [-0.2, -0.15) is 0 Å². The molecule has 1 heterocycles. The van der Waals surface area contributed by atoms with Crippen molar-refractivity contribution in [2.24, 2.45) is 11.7 Å². The van der Waals surface area contributed by atoms with Crippen LogP contribution in [0.3, 0.4) is 0 Å². The maximum Gasteiger partial charge on any atom is 0.317 e. The summed E-state index contributed by atoms with van der Waals surface area (Å²) in [6, 6.07) is -0.790. The van der Waals surface area contributed by atoms with E-state index < -0.39 is 23.8 Å². The quantitative estimate of drug-likeness (QED) is 0.535. The van der Waals surface area contributed by atoms with E-state index >= 15 is 0 Å². The van der Waals surface area contributed by atoms with Crippen LogP contribution >= 0.6 is 0 Å². The van der Waals surface area contributed by atoms with Gasteiger partial charge in [0.25, 0.3) is 0 Å². The lowest BCUT2D eigenvalue weighted by molar-refractivity contribution is -0.142. The number of urea groups is 1. The normalized spacial score (nSPS) is 21.0. The molecule has 8 heteroatoms. The van der Waals surface area contributed by atoms with Crippen LogP contribution in [0.25, 0.3) is 0 Å². The van der Waals surface area contributed by atoms with Crippen LogP contribution in [0.1, 0.15) is 26.2 Å². The zero-order chi connectivity index (χ0) is 15.8. The maximum absolute atomic E-state index is 12.2. The van der Waals surface area contributed by atoms with Crippen LogP contribution in [0.5, 0.6) is 0 Å². The number of carbonyl (C=O) groups is 3. The van der Waals surface area contributed by atoms with Crippen molar-refractivity contribution in [3.63, 3.8) is 0 Å². The van der Waals surface area contributed by atoms with E-state index in [2.05, 4.69) is 5.32 Å². The smallest absolute Gasteiger partial charge is 0.317 e. The Balaban J connectivity index is 2.56. The van der Waals surface area contributed by atoms with Gasteiger partial charge in [-0.1, -0.05) is 6.92 Å². The number of nitrogens with two attached hydrogens (primary N) is 1. The van der Waals surface area contributed by atoms with Crippen LogP contribution in [-0.2, 0) is 14.3 Å². The first-order valence-corrected chi connectivity index (χ1v) is 7.10. The van der Waals surface area contributed by atoms with Crippen LogP contribution in [-0.4, -0.2) is 60.3 Å². The highest BCUT2D eigenvalue weighted by Crippen LogP contribution is 2.20. The first-order valence-electron chi connectivity index (χ1n) is 7.10. The molecule has 0 radical (unpaired) electrons. The number of nitrogens with zero attached hydrogens (tertiary/aromatic N) is 1. The fourth-order valence-corrected chi connectivity index (χ4v) is 2.30. The molecule has 1 aliphatic heterocycles. The Kier molecular flexibility index (Phi) is 6.93. The lowest BCUT2D eigenvalue weighted by atomic mass is 10.0. The summed E-state index contributed by atoms with van der Waals surface area (Å²) in [6.07, 6.45) is 1.39. The molecule has 1 fully saturated rings. The number of carboxylic acids is 1. The Morgan fingerprint density at radius 1 is 1.38 bits per heavy atom. The van der Waals surface area contributed by atoms with Crippen LogP contribution in [0, 0.1) is 5.92 Å². The summed E-state index contributed by atoms with van der Waals surface area (Å²) in [6.45, 7) is 3.05. The van der Waals surface area contributed by atoms with Crippen LogP contribution in [0.2, 0.25) is 0 Å². The molecule has 4 N–H and O–H groups in total. The molecule has 0 bridgehead atoms. The van der Waals surface area contributed by atoms with Crippen molar-refractivity contribution in [2.75, 3.05) is 26.3 Å². The van der Waals surface area contributed by atoms with Gasteiger partial charge in [-0.25, -0.2) is 4.79 Å². The van der Waals surface area contributed by atoms with E-state index in [0.717, 1.165) is 6.42 Å². The number of carboxylic acid groups (broad SMARTS) is 1. The lowest BCUT2D eigenvalue weighted by Gasteiger charge is -2.30. The number of hydrogen-bond donors (Lipinski definition) is 3. The van der Waals surface area contributed by atoms with Gasteiger partial charge < -0.3 is 25.8 Å². The summed E-state index contributed by atoms with van der Waals surface area (Å²) in [5.74, 6) is -2.07. The molecule has 21 heavy (non-hydrogen) atoms. The van der Waals surface area contributed by atoms with E-state index in [1.807, 2.05) is 6.92 Å². The molecule has 0 aromatic rings. The third-order valence-electron chi connectivity index (χ3n) is 3.37. The zero-order valence-electron chi connectivity index (χ0n) is 12.2. The van der Waals surface area contributed by atoms with Crippen LogP contribution in [0.4, 0.5) is 4.79 Å². The topological polar surface area (TPSA) is 122 Å². The number of rotatable bonds is 8. The highest BCUT2D eigenvalue weighted by molar-refractivity contribution is 5.77. The molecule has 1 aliphatic rings. The van der Waals surface area contributed by atoms with Gasteiger partial charge >= 0.3 is 12.0 Å². The van der Waals surface area contributed by atoms with Gasteiger partial charge in [0.05, 0.1) is 19.3 Å². The van der Waals surface area contributed by atoms with Crippen molar-refractivity contribution < 1.29 is 24.2 Å². The first kappa shape index (κ1) is 17.2. The molecule has 2 atom stereocenters. The number of hydrogen-bond acceptors (Lipinski definition) is 4. The second-order valence-corrected chi connectivity index (χ2v) is 5.04. The van der Waals surface area contributed by atoms with E-state index in [4.69, 9.17) is 15.6 Å². The monoisotopic (exact) mass is 301 g/mol. The zero-order valence-corrected chi connectivity index (χ0v) is 12.2. The molecule has 0 aromatic heterocycles. The lowest BCUT2D eigenvalue weighted by Crippen LogP contribution is -2.51. The molecule has 0 aliphatic carbocycles. The maximum atomic E-state index is 12.2. The third kappa shape index (κ3) is 5.22. The van der Waals surface area contributed by atoms with Gasteiger partial charge in [0.15, 0.2) is 0 Å². The molecule has 2 unspecified atom stereocenters. The third-order valence-corrected chi connectivity index (χ3v) is 3.37. The van der Waals surface area contributed by atoms with E-state index in [-0.39, 0.29) is 25.7 Å². The molecular weight excluding hydrogens is 278 g/mol. The summed E-state index contributed by atoms with van der Waals surface area (Å²) >= 11 is 0. The molecule has 1 rings (SSSR count). The summed E-state index contributed by atoms with van der Waals surface area (Å²) in [5.41, 5.74) is 5.02. The Hall–Kier alpha value is -1.83. The van der Waals surface area contributed by atoms with Gasteiger partial charge in [0, 0.05) is 19.5 Å². The molecule has 0 aromatic carbocycles. The predicted octanol–water partition coefficient (Wildman–Crippen LogP) is -0.227. The van der Waals surface area contributed by atoms with Gasteiger partial charge in [-0.15, -0.1) is 0 Å². The van der Waals surface area contributed by atoms with E-state index in [1.165, 1.54) is 4.90 Å². The van der Waals surface area contributed by atoms with Crippen molar-refractivity contribution in [2.45, 2.75) is 32.2 Å². The second kappa shape index (κ2) is 8.46.